The van der Waals surface area contributed by atoms with E-state index < -0.39 is 67.3 Å². The highest BCUT2D eigenvalue weighted by Gasteiger charge is 2.45. The molecule has 0 aromatic carbocycles. The fraction of sp³-hybridized carbons (Fsp3) is 0.882. The van der Waals surface area contributed by atoms with Gasteiger partial charge in [0.1, 0.15) is 19.0 Å². The molecule has 0 saturated heterocycles. The van der Waals surface area contributed by atoms with Gasteiger partial charge in [0.05, 0.1) is 10.8 Å². The van der Waals surface area contributed by atoms with Crippen LogP contribution in [0.2, 0.25) is 0 Å². The van der Waals surface area contributed by atoms with Crippen molar-refractivity contribution in [3.05, 3.63) is 0 Å². The average molecular weight is 516 g/mol. The van der Waals surface area contributed by atoms with Crippen molar-refractivity contribution in [1.29, 1.82) is 0 Å². The Labute approximate surface area is 187 Å². The third-order valence-corrected chi connectivity index (χ3v) is 6.26. The molecule has 0 atom stereocenters. The zero-order chi connectivity index (χ0) is 26.0. The lowest BCUT2D eigenvalue weighted by Gasteiger charge is -2.20. The molecule has 0 aliphatic heterocycles. The first-order chi connectivity index (χ1) is 14.1. The SMILES string of the molecule is CCC(C)(C)C(=O)OCCNS(=O)(=O)C(F)(F)F.CCC(C)(C)C(=O)OCCS(=O)(=O)O. The lowest BCUT2D eigenvalue weighted by molar-refractivity contribution is -0.154. The predicted octanol–water partition coefficient (Wildman–Crippen LogP) is 2.26. The second-order valence-corrected chi connectivity index (χ2v) is 11.2. The van der Waals surface area contributed by atoms with Crippen molar-refractivity contribution in [3.8, 4) is 0 Å². The van der Waals surface area contributed by atoms with E-state index in [0.717, 1.165) is 0 Å². The molecule has 0 spiro atoms. The number of sulfonamides is 1. The number of alkyl halides is 3. The lowest BCUT2D eigenvalue weighted by atomic mass is 9.91. The van der Waals surface area contributed by atoms with Gasteiger partial charge in [0.2, 0.25) is 0 Å². The molecule has 0 aliphatic rings. The number of hydrogen-bond acceptors (Lipinski definition) is 8. The van der Waals surface area contributed by atoms with Gasteiger partial charge in [-0.05, 0) is 40.5 Å². The van der Waals surface area contributed by atoms with Crippen molar-refractivity contribution >= 4 is 32.1 Å². The highest BCUT2D eigenvalue weighted by Crippen LogP contribution is 2.23. The molecular weight excluding hydrogens is 483 g/mol. The van der Waals surface area contributed by atoms with Gasteiger partial charge in [-0.15, -0.1) is 0 Å². The van der Waals surface area contributed by atoms with Crippen LogP contribution in [-0.4, -0.2) is 64.3 Å². The molecule has 0 bridgehead atoms. The molecule has 15 heteroatoms. The highest BCUT2D eigenvalue weighted by molar-refractivity contribution is 7.90. The second-order valence-electron chi connectivity index (χ2n) is 7.88. The van der Waals surface area contributed by atoms with Crippen molar-refractivity contribution in [2.75, 3.05) is 25.5 Å². The summed E-state index contributed by atoms with van der Waals surface area (Å²) in [5.74, 6) is -1.60. The molecule has 10 nitrogen and oxygen atoms in total. The number of ether oxygens (including phenoxy) is 2. The Bertz CT molecular complexity index is 821. The number of carbonyl (C=O) groups is 2. The molecule has 0 rings (SSSR count). The van der Waals surface area contributed by atoms with E-state index in [1.165, 1.54) is 4.72 Å². The maximum absolute atomic E-state index is 11.9. The Morgan fingerprint density at radius 3 is 1.53 bits per heavy atom. The maximum atomic E-state index is 11.9. The Hall–Kier alpha value is -1.45. The van der Waals surface area contributed by atoms with E-state index in [0.29, 0.717) is 12.8 Å². The van der Waals surface area contributed by atoms with Crippen LogP contribution in [0.3, 0.4) is 0 Å². The number of carbonyl (C=O) groups excluding carboxylic acids is 2. The molecular formula is C17H32F3NO9S2. The highest BCUT2D eigenvalue weighted by atomic mass is 32.2. The zero-order valence-electron chi connectivity index (χ0n) is 18.9. The predicted molar refractivity (Wildman–Crippen MR) is 109 cm³/mol. The van der Waals surface area contributed by atoms with Crippen LogP contribution in [0.1, 0.15) is 54.4 Å². The second kappa shape index (κ2) is 12.7. The van der Waals surface area contributed by atoms with Crippen LogP contribution in [0.15, 0.2) is 0 Å². The fourth-order valence-electron chi connectivity index (χ4n) is 1.32. The number of nitrogens with one attached hydrogen (secondary N) is 1. The Kier molecular flexibility index (Phi) is 13.0. The summed E-state index contributed by atoms with van der Waals surface area (Å²) in [4.78, 5) is 22.7. The van der Waals surface area contributed by atoms with Gasteiger partial charge in [-0.25, -0.2) is 13.1 Å². The summed E-state index contributed by atoms with van der Waals surface area (Å²) in [6.07, 6.45) is 1.11. The third kappa shape index (κ3) is 13.2. The standard InChI is InChI=1S/C9H16F3NO4S.C8H16O5S/c1-4-8(2,3)7(14)17-6-5-13-18(15,16)9(10,11)12;1-4-8(2,3)7(9)13-5-6-14(10,11)12/h13H,4-6H2,1-3H3;4-6H2,1-3H3,(H,10,11,12). The van der Waals surface area contributed by atoms with Crippen LogP contribution in [0, 0.1) is 10.8 Å². The van der Waals surface area contributed by atoms with Crippen molar-refractivity contribution < 1.29 is 53.6 Å². The van der Waals surface area contributed by atoms with E-state index in [-0.39, 0.29) is 6.61 Å². The number of halogens is 3. The minimum Gasteiger partial charge on any atom is -0.464 e. The van der Waals surface area contributed by atoms with Gasteiger partial charge in [-0.2, -0.15) is 21.6 Å². The first-order valence-electron chi connectivity index (χ1n) is 9.48. The van der Waals surface area contributed by atoms with E-state index in [1.807, 2.05) is 6.92 Å². The summed E-state index contributed by atoms with van der Waals surface area (Å²) < 4.78 is 96.5. The molecule has 0 heterocycles. The van der Waals surface area contributed by atoms with Crippen LogP contribution < -0.4 is 4.72 Å². The largest absolute Gasteiger partial charge is 0.511 e. The summed E-state index contributed by atoms with van der Waals surface area (Å²) in [6.45, 7) is 8.89. The van der Waals surface area contributed by atoms with Crippen molar-refractivity contribution in [2.45, 2.75) is 59.9 Å². The van der Waals surface area contributed by atoms with Gasteiger partial charge in [-0.3, -0.25) is 14.1 Å². The summed E-state index contributed by atoms with van der Waals surface area (Å²) in [5.41, 5.74) is -6.72. The molecule has 0 aromatic heterocycles. The normalized spacial score (nSPS) is 13.1. The van der Waals surface area contributed by atoms with Crippen molar-refractivity contribution in [1.82, 2.24) is 4.72 Å². The van der Waals surface area contributed by atoms with Gasteiger partial charge in [0.25, 0.3) is 10.1 Å². The molecule has 32 heavy (non-hydrogen) atoms. The van der Waals surface area contributed by atoms with E-state index in [1.54, 1.807) is 34.6 Å². The van der Waals surface area contributed by atoms with Crippen LogP contribution in [0.25, 0.3) is 0 Å². The smallest absolute Gasteiger partial charge is 0.464 e. The van der Waals surface area contributed by atoms with E-state index in [4.69, 9.17) is 9.29 Å². The molecule has 0 aliphatic carbocycles. The van der Waals surface area contributed by atoms with Gasteiger partial charge in [-0.1, -0.05) is 13.8 Å². The monoisotopic (exact) mass is 515 g/mol. The maximum Gasteiger partial charge on any atom is 0.511 e. The molecule has 2 N–H and O–H groups in total. The quantitative estimate of drug-likeness (QED) is 0.240. The van der Waals surface area contributed by atoms with Crippen LogP contribution in [0.5, 0.6) is 0 Å². The van der Waals surface area contributed by atoms with Crippen molar-refractivity contribution in [2.24, 2.45) is 10.8 Å². The molecule has 192 valence electrons. The molecule has 0 saturated carbocycles. The van der Waals surface area contributed by atoms with E-state index in [2.05, 4.69) is 4.74 Å². The zero-order valence-corrected chi connectivity index (χ0v) is 20.5. The molecule has 0 radical (unpaired) electrons. The van der Waals surface area contributed by atoms with Crippen LogP contribution in [-0.2, 0) is 39.2 Å². The topological polar surface area (TPSA) is 153 Å². The Balaban J connectivity index is 0. The number of esters is 2. The first-order valence-corrected chi connectivity index (χ1v) is 12.6. The van der Waals surface area contributed by atoms with Gasteiger partial charge in [0, 0.05) is 6.54 Å². The molecule has 0 amide bonds. The van der Waals surface area contributed by atoms with Gasteiger partial charge < -0.3 is 9.47 Å². The van der Waals surface area contributed by atoms with E-state index in [9.17, 15) is 39.6 Å². The van der Waals surface area contributed by atoms with Gasteiger partial charge in [0.15, 0.2) is 0 Å². The summed E-state index contributed by atoms with van der Waals surface area (Å²) in [5, 5.41) is 0. The van der Waals surface area contributed by atoms with Crippen LogP contribution in [0.4, 0.5) is 13.2 Å². The minimum absolute atomic E-state index is 0.304. The minimum atomic E-state index is -5.38. The lowest BCUT2D eigenvalue weighted by Crippen LogP contribution is -2.39. The average Bonchev–Trinajstić information content (AvgIpc) is 2.63. The van der Waals surface area contributed by atoms with Crippen molar-refractivity contribution in [3.63, 3.8) is 0 Å². The fourth-order valence-corrected chi connectivity index (χ4v) is 2.13. The summed E-state index contributed by atoms with van der Waals surface area (Å²) in [7, 11) is -9.43. The first kappa shape index (κ1) is 32.7. The molecule has 0 unspecified atom stereocenters. The van der Waals surface area contributed by atoms with Crippen LogP contribution >= 0.6 is 0 Å². The number of rotatable bonds is 11. The number of hydrogen-bond donors (Lipinski definition) is 2. The molecule has 0 aromatic rings. The third-order valence-electron chi connectivity index (χ3n) is 4.38. The van der Waals surface area contributed by atoms with Gasteiger partial charge >= 0.3 is 27.5 Å². The Morgan fingerprint density at radius 1 is 0.844 bits per heavy atom. The summed E-state index contributed by atoms with van der Waals surface area (Å²) in [6, 6.07) is 0. The molecule has 0 fully saturated rings. The summed E-state index contributed by atoms with van der Waals surface area (Å²) >= 11 is 0. The Morgan fingerprint density at radius 2 is 1.22 bits per heavy atom. The van der Waals surface area contributed by atoms with E-state index >= 15 is 0 Å².